The number of carbonyl (C=O) groups is 1. The summed E-state index contributed by atoms with van der Waals surface area (Å²) in [6, 6.07) is 10.5. The summed E-state index contributed by atoms with van der Waals surface area (Å²) in [5.74, 6) is -0.918. The second-order valence-electron chi connectivity index (χ2n) is 6.19. The van der Waals surface area contributed by atoms with Gasteiger partial charge in [-0.1, -0.05) is 24.3 Å². The number of methoxy groups -OCH3 is 1. The number of ether oxygens (including phenoxy) is 1. The number of nitrogens with one attached hydrogen (secondary N) is 1. The van der Waals surface area contributed by atoms with Crippen LogP contribution in [0.2, 0.25) is 0 Å². The highest BCUT2D eigenvalue weighted by Crippen LogP contribution is 2.31. The van der Waals surface area contributed by atoms with Crippen LogP contribution in [-0.2, 0) is 9.53 Å². The number of amides is 1. The second kappa shape index (κ2) is 8.10. The number of pyridine rings is 1. The zero-order valence-corrected chi connectivity index (χ0v) is 14.9. The summed E-state index contributed by atoms with van der Waals surface area (Å²) in [5.41, 5.74) is 3.10. The van der Waals surface area contributed by atoms with Crippen molar-refractivity contribution in [3.63, 3.8) is 0 Å². The van der Waals surface area contributed by atoms with Crippen LogP contribution in [0, 0.1) is 12.7 Å². The van der Waals surface area contributed by atoms with E-state index in [1.165, 1.54) is 6.07 Å². The molecule has 3 rings (SSSR count). The predicted molar refractivity (Wildman–Crippen MR) is 97.7 cm³/mol. The van der Waals surface area contributed by atoms with Gasteiger partial charge in [-0.25, -0.2) is 9.37 Å². The average Bonchev–Trinajstić information content (AvgIpc) is 3.06. The van der Waals surface area contributed by atoms with Gasteiger partial charge in [-0.15, -0.1) is 0 Å². The van der Waals surface area contributed by atoms with Crippen molar-refractivity contribution in [1.29, 1.82) is 0 Å². The molecule has 1 unspecified atom stereocenters. The number of carbonyl (C=O) groups excluding carboxylic acids is 1. The van der Waals surface area contributed by atoms with E-state index in [1.54, 1.807) is 31.5 Å². The molecule has 1 aromatic carbocycles. The lowest BCUT2D eigenvalue weighted by molar-refractivity contribution is -0.121. The third-order valence-electron chi connectivity index (χ3n) is 4.42. The molecule has 0 radical (unpaired) electrons. The number of imidazole rings is 1. The fourth-order valence-electron chi connectivity index (χ4n) is 3.11. The van der Waals surface area contributed by atoms with Crippen molar-refractivity contribution in [2.75, 3.05) is 20.3 Å². The zero-order valence-electron chi connectivity index (χ0n) is 14.9. The molecule has 1 amide bonds. The Balaban J connectivity index is 1.99. The fraction of sp³-hybridized carbons (Fsp3) is 0.300. The highest BCUT2D eigenvalue weighted by atomic mass is 19.1. The smallest absolute Gasteiger partial charge is 0.221 e. The van der Waals surface area contributed by atoms with E-state index in [0.717, 1.165) is 16.9 Å². The minimum Gasteiger partial charge on any atom is -0.383 e. The van der Waals surface area contributed by atoms with Crippen molar-refractivity contribution in [2.45, 2.75) is 19.3 Å². The molecule has 6 heteroatoms. The first-order valence-corrected chi connectivity index (χ1v) is 8.54. The van der Waals surface area contributed by atoms with Crippen LogP contribution >= 0.6 is 0 Å². The minimum absolute atomic E-state index is 0.131. The molecule has 0 saturated carbocycles. The van der Waals surface area contributed by atoms with Gasteiger partial charge in [-0.3, -0.25) is 4.79 Å². The molecule has 0 saturated heterocycles. The molecular formula is C20H22FN3O2. The largest absolute Gasteiger partial charge is 0.383 e. The zero-order chi connectivity index (χ0) is 18.5. The number of rotatable bonds is 7. The van der Waals surface area contributed by atoms with Gasteiger partial charge in [0.1, 0.15) is 11.5 Å². The summed E-state index contributed by atoms with van der Waals surface area (Å²) in [6.45, 7) is 2.83. The molecule has 2 heterocycles. The third-order valence-corrected chi connectivity index (χ3v) is 4.42. The molecule has 3 aromatic rings. The molecule has 136 valence electrons. The van der Waals surface area contributed by atoms with E-state index in [4.69, 9.17) is 4.74 Å². The average molecular weight is 355 g/mol. The molecule has 0 bridgehead atoms. The lowest BCUT2D eigenvalue weighted by Crippen LogP contribution is -2.28. The highest BCUT2D eigenvalue weighted by molar-refractivity contribution is 5.77. The standard InChI is InChI=1S/C20H22FN3O2/c1-14-6-5-10-24-18(13-23-20(14)24)16(12-19(25)22-9-11-26-2)15-7-3-4-8-17(15)21/h3-8,10,13,16H,9,11-12H2,1-2H3,(H,22,25). The van der Waals surface area contributed by atoms with Crippen molar-refractivity contribution < 1.29 is 13.9 Å². The molecule has 0 aliphatic rings. The molecule has 2 aromatic heterocycles. The Morgan fingerprint density at radius 3 is 2.88 bits per heavy atom. The predicted octanol–water partition coefficient (Wildman–Crippen LogP) is 3.07. The van der Waals surface area contributed by atoms with Crippen LogP contribution < -0.4 is 5.32 Å². The van der Waals surface area contributed by atoms with Crippen molar-refractivity contribution >= 4 is 11.6 Å². The van der Waals surface area contributed by atoms with Crippen LogP contribution in [0.25, 0.3) is 5.65 Å². The first kappa shape index (κ1) is 18.1. The second-order valence-corrected chi connectivity index (χ2v) is 6.19. The molecule has 0 aliphatic carbocycles. The third kappa shape index (κ3) is 3.75. The summed E-state index contributed by atoms with van der Waals surface area (Å²) in [6.07, 6.45) is 3.75. The van der Waals surface area contributed by atoms with E-state index >= 15 is 0 Å². The van der Waals surface area contributed by atoms with Crippen LogP contribution in [0.3, 0.4) is 0 Å². The SMILES string of the molecule is COCCNC(=O)CC(c1ccccc1F)c1cnc2c(C)cccn12. The summed E-state index contributed by atoms with van der Waals surface area (Å²) >= 11 is 0. The van der Waals surface area contributed by atoms with Gasteiger partial charge in [0.25, 0.3) is 0 Å². The Kier molecular flexibility index (Phi) is 5.63. The van der Waals surface area contributed by atoms with Gasteiger partial charge in [-0.05, 0) is 30.2 Å². The van der Waals surface area contributed by atoms with Gasteiger partial charge in [-0.2, -0.15) is 0 Å². The Hall–Kier alpha value is -2.73. The molecule has 1 N–H and O–H groups in total. The Morgan fingerprint density at radius 1 is 1.31 bits per heavy atom. The maximum atomic E-state index is 14.5. The van der Waals surface area contributed by atoms with Gasteiger partial charge in [0.2, 0.25) is 5.91 Å². The summed E-state index contributed by atoms with van der Waals surface area (Å²) in [7, 11) is 1.58. The quantitative estimate of drug-likeness (QED) is 0.663. The van der Waals surface area contributed by atoms with Crippen molar-refractivity contribution in [3.8, 4) is 0 Å². The van der Waals surface area contributed by atoms with E-state index in [0.29, 0.717) is 18.7 Å². The normalized spacial score (nSPS) is 12.3. The first-order valence-electron chi connectivity index (χ1n) is 8.54. The number of aryl methyl sites for hydroxylation is 1. The number of hydrogen-bond acceptors (Lipinski definition) is 3. The number of aromatic nitrogens is 2. The number of fused-ring (bicyclic) bond motifs is 1. The summed E-state index contributed by atoms with van der Waals surface area (Å²) in [4.78, 5) is 16.9. The molecule has 0 fully saturated rings. The summed E-state index contributed by atoms with van der Waals surface area (Å²) in [5, 5.41) is 2.81. The topological polar surface area (TPSA) is 55.6 Å². The van der Waals surface area contributed by atoms with Gasteiger partial charge >= 0.3 is 0 Å². The van der Waals surface area contributed by atoms with Gasteiger partial charge in [0.15, 0.2) is 0 Å². The van der Waals surface area contributed by atoms with E-state index in [-0.39, 0.29) is 18.1 Å². The van der Waals surface area contributed by atoms with E-state index in [2.05, 4.69) is 10.3 Å². The molecule has 0 aliphatic heterocycles. The maximum absolute atomic E-state index is 14.5. The Bertz CT molecular complexity index is 907. The van der Waals surface area contributed by atoms with E-state index in [9.17, 15) is 9.18 Å². The number of nitrogens with zero attached hydrogens (tertiary/aromatic N) is 2. The monoisotopic (exact) mass is 355 g/mol. The van der Waals surface area contributed by atoms with Crippen LogP contribution in [-0.4, -0.2) is 35.6 Å². The van der Waals surface area contributed by atoms with Gasteiger partial charge in [0, 0.05) is 38.4 Å². The van der Waals surface area contributed by atoms with Gasteiger partial charge < -0.3 is 14.5 Å². The van der Waals surface area contributed by atoms with Gasteiger partial charge in [0.05, 0.1) is 12.3 Å². The number of hydrogen-bond donors (Lipinski definition) is 1. The Labute approximate surface area is 151 Å². The minimum atomic E-state index is -0.435. The van der Waals surface area contributed by atoms with E-state index in [1.807, 2.05) is 29.7 Å². The molecule has 26 heavy (non-hydrogen) atoms. The van der Waals surface area contributed by atoms with Crippen LogP contribution in [0.15, 0.2) is 48.8 Å². The molecule has 0 spiro atoms. The van der Waals surface area contributed by atoms with Crippen LogP contribution in [0.4, 0.5) is 4.39 Å². The first-order chi connectivity index (χ1) is 12.6. The van der Waals surface area contributed by atoms with Crippen molar-refractivity contribution in [3.05, 3.63) is 71.4 Å². The lowest BCUT2D eigenvalue weighted by atomic mass is 9.92. The van der Waals surface area contributed by atoms with E-state index < -0.39 is 5.92 Å². The van der Waals surface area contributed by atoms with Crippen molar-refractivity contribution in [1.82, 2.24) is 14.7 Å². The molecule has 5 nitrogen and oxygen atoms in total. The van der Waals surface area contributed by atoms with Crippen LogP contribution in [0.5, 0.6) is 0 Å². The number of benzene rings is 1. The fourth-order valence-corrected chi connectivity index (χ4v) is 3.11. The number of halogens is 1. The lowest BCUT2D eigenvalue weighted by Gasteiger charge is -2.18. The van der Waals surface area contributed by atoms with Crippen LogP contribution in [0.1, 0.15) is 29.2 Å². The molecule has 1 atom stereocenters. The summed E-state index contributed by atoms with van der Waals surface area (Å²) < 4.78 is 21.4. The van der Waals surface area contributed by atoms with Crippen molar-refractivity contribution in [2.24, 2.45) is 0 Å². The highest BCUT2D eigenvalue weighted by Gasteiger charge is 2.24. The Morgan fingerprint density at radius 2 is 2.12 bits per heavy atom. The maximum Gasteiger partial charge on any atom is 0.221 e. The molecular weight excluding hydrogens is 333 g/mol.